The van der Waals surface area contributed by atoms with Crippen molar-refractivity contribution in [1.82, 2.24) is 0 Å². The maximum atomic E-state index is 10.0. The molecule has 1 rings (SSSR count). The van der Waals surface area contributed by atoms with E-state index in [-0.39, 0.29) is 0 Å². The van der Waals surface area contributed by atoms with Crippen LogP contribution in [0, 0.1) is 0 Å². The summed E-state index contributed by atoms with van der Waals surface area (Å²) in [5.41, 5.74) is 0.729. The van der Waals surface area contributed by atoms with Gasteiger partial charge in [0.1, 0.15) is 6.29 Å². The van der Waals surface area contributed by atoms with Crippen molar-refractivity contribution in [2.24, 2.45) is 0 Å². The lowest BCUT2D eigenvalue weighted by Gasteiger charge is -1.89. The number of carbonyl (C=O) groups excluding carboxylic acids is 1. The van der Waals surface area contributed by atoms with Gasteiger partial charge in [-0.1, -0.05) is 30.3 Å². The van der Waals surface area contributed by atoms with Crippen LogP contribution in [0.15, 0.2) is 30.3 Å². The Morgan fingerprint density at radius 3 is 1.77 bits per heavy atom. The monoisotopic (exact) mass is 254 g/mol. The molecule has 0 saturated carbocycles. The number of benzene rings is 1. The van der Waals surface area contributed by atoms with Gasteiger partial charge in [0, 0.05) is 5.56 Å². The van der Waals surface area contributed by atoms with E-state index in [1.54, 1.807) is 18.7 Å². The number of hydrogen-bond acceptors (Lipinski definition) is 1. The fraction of sp³-hybridized carbons (Fsp3) is 0.125. The average Bonchev–Trinajstić information content (AvgIpc) is 2.03. The second-order valence-corrected chi connectivity index (χ2v) is 12.4. The van der Waals surface area contributed by atoms with Gasteiger partial charge in [0.05, 0.1) is 0 Å². The molecule has 1 nitrogen and oxygen atoms in total. The minimum Gasteiger partial charge on any atom is -0.298 e. The molecule has 0 saturated heterocycles. The lowest BCUT2D eigenvalue weighted by atomic mass is 10.2. The van der Waals surface area contributed by atoms with Gasteiger partial charge < -0.3 is 0 Å². The van der Waals surface area contributed by atoms with Gasteiger partial charge in [-0.3, -0.25) is 4.79 Å². The molecule has 0 aliphatic heterocycles. The molecule has 0 atom stereocenters. The topological polar surface area (TPSA) is 17.1 Å². The summed E-state index contributed by atoms with van der Waals surface area (Å²) in [6.45, 7) is 1.62. The number of rotatable bonds is 1. The molecule has 0 radical (unpaired) electrons. The molecule has 0 N–H and O–H groups in total. The Kier molecular flexibility index (Phi) is 6.42. The van der Waals surface area contributed by atoms with Crippen LogP contribution in [0.2, 0.25) is 6.55 Å². The summed E-state index contributed by atoms with van der Waals surface area (Å²) in [6, 6.07) is 6.90. The summed E-state index contributed by atoms with van der Waals surface area (Å²) < 4.78 is 0. The first-order valence-corrected chi connectivity index (χ1v) is 9.04. The van der Waals surface area contributed by atoms with E-state index in [0.717, 1.165) is 11.8 Å². The van der Waals surface area contributed by atoms with E-state index < -0.39 is 6.00 Å². The second kappa shape index (κ2) is 6.43. The van der Waals surface area contributed by atoms with Crippen LogP contribution in [0.1, 0.15) is 10.4 Å². The molecule has 0 aromatic heterocycles. The Morgan fingerprint density at radius 1 is 1.15 bits per heavy atom. The van der Waals surface area contributed by atoms with E-state index in [4.69, 9.17) is 33.2 Å². The van der Waals surface area contributed by atoms with Crippen LogP contribution < -0.4 is 0 Å². The minimum absolute atomic E-state index is 0.729. The highest BCUT2D eigenvalue weighted by molar-refractivity contribution is 7.64. The fourth-order valence-electron chi connectivity index (χ4n) is 0.532. The summed E-state index contributed by atoms with van der Waals surface area (Å²) in [4.78, 5) is 10.0. The molecule has 1 aromatic carbocycles. The highest BCUT2D eigenvalue weighted by Crippen LogP contribution is 2.17. The minimum atomic E-state index is -2.19. The summed E-state index contributed by atoms with van der Waals surface area (Å²) in [5.74, 6) is 0. The van der Waals surface area contributed by atoms with E-state index in [1.807, 2.05) is 18.2 Å². The van der Waals surface area contributed by atoms with E-state index in [1.165, 1.54) is 0 Å². The molecule has 0 aliphatic rings. The molecule has 5 heteroatoms. The van der Waals surface area contributed by atoms with Crippen LogP contribution in [-0.2, 0) is 0 Å². The second-order valence-electron chi connectivity index (χ2n) is 2.31. The van der Waals surface area contributed by atoms with Crippen LogP contribution in [0.4, 0.5) is 0 Å². The molecule has 0 bridgehead atoms. The number of halogens is 3. The third kappa shape index (κ3) is 12.0. The van der Waals surface area contributed by atoms with Gasteiger partial charge in [0.15, 0.2) is 0 Å². The Labute approximate surface area is 92.7 Å². The highest BCUT2D eigenvalue weighted by Gasteiger charge is 2.13. The maximum Gasteiger partial charge on any atom is 0.338 e. The van der Waals surface area contributed by atoms with Crippen molar-refractivity contribution in [1.29, 1.82) is 0 Å². The van der Waals surface area contributed by atoms with Gasteiger partial charge in [0.2, 0.25) is 0 Å². The van der Waals surface area contributed by atoms with Crippen molar-refractivity contribution in [2.75, 3.05) is 0 Å². The fourth-order valence-corrected chi connectivity index (χ4v) is 0.532. The van der Waals surface area contributed by atoms with Gasteiger partial charge in [-0.15, -0.1) is 33.2 Å². The zero-order chi connectivity index (χ0) is 10.3. The van der Waals surface area contributed by atoms with Crippen molar-refractivity contribution in [3.63, 3.8) is 0 Å². The zero-order valence-electron chi connectivity index (χ0n) is 7.01. The zero-order valence-corrected chi connectivity index (χ0v) is 10.3. The molecule has 13 heavy (non-hydrogen) atoms. The third-order valence-corrected chi connectivity index (χ3v) is 0.936. The van der Waals surface area contributed by atoms with E-state index >= 15 is 0 Å². The van der Waals surface area contributed by atoms with Gasteiger partial charge in [-0.2, -0.15) is 0 Å². The number of hydrogen-bond donors (Lipinski definition) is 0. The average molecular weight is 256 g/mol. The van der Waals surface area contributed by atoms with Crippen LogP contribution in [-0.4, -0.2) is 12.3 Å². The highest BCUT2D eigenvalue weighted by atomic mass is 35.8. The van der Waals surface area contributed by atoms with E-state index in [0.29, 0.717) is 0 Å². The molecule has 0 unspecified atom stereocenters. The first-order chi connectivity index (χ1) is 5.93. The van der Waals surface area contributed by atoms with Gasteiger partial charge >= 0.3 is 6.00 Å². The van der Waals surface area contributed by atoms with Crippen molar-refractivity contribution < 1.29 is 4.79 Å². The summed E-state index contributed by atoms with van der Waals surface area (Å²) in [5, 5.41) is 0. The smallest absolute Gasteiger partial charge is 0.298 e. The molecule has 72 valence electrons. The number of carbonyl (C=O) groups is 1. The predicted molar refractivity (Wildman–Crippen MR) is 61.0 cm³/mol. The lowest BCUT2D eigenvalue weighted by Crippen LogP contribution is -1.97. The maximum absolute atomic E-state index is 10.0. The van der Waals surface area contributed by atoms with E-state index in [2.05, 4.69) is 0 Å². The van der Waals surface area contributed by atoms with Crippen LogP contribution in [0.5, 0.6) is 0 Å². The molecule has 0 aliphatic carbocycles. The molecule has 0 heterocycles. The van der Waals surface area contributed by atoms with E-state index in [9.17, 15) is 4.79 Å². The number of aldehydes is 1. The van der Waals surface area contributed by atoms with Gasteiger partial charge in [-0.05, 0) is 6.55 Å². The predicted octanol–water partition coefficient (Wildman–Crippen LogP) is 3.77. The summed E-state index contributed by atoms with van der Waals surface area (Å²) in [6.07, 6.45) is 0.833. The molecule has 0 spiro atoms. The third-order valence-electron chi connectivity index (χ3n) is 0.936. The van der Waals surface area contributed by atoms with Gasteiger partial charge in [0.25, 0.3) is 0 Å². The summed E-state index contributed by atoms with van der Waals surface area (Å²) in [7, 11) is 0. The molecular formula is C8H9Cl3OSi. The quantitative estimate of drug-likeness (QED) is 0.424. The SMILES string of the molecule is C[Si](Cl)(Cl)Cl.O=Cc1ccccc1. The standard InChI is InChI=1S/C7H6O.CH3Cl3Si/c8-6-7-4-2-1-3-5-7;1-5(2,3)4/h1-6H;1H3. The van der Waals surface area contributed by atoms with Crippen molar-refractivity contribution in [3.05, 3.63) is 35.9 Å². The first kappa shape index (κ1) is 13.0. The van der Waals surface area contributed by atoms with Crippen molar-refractivity contribution in [3.8, 4) is 0 Å². The Morgan fingerprint density at radius 2 is 1.54 bits per heavy atom. The van der Waals surface area contributed by atoms with Crippen LogP contribution in [0.25, 0.3) is 0 Å². The molecule has 0 fully saturated rings. The first-order valence-electron chi connectivity index (χ1n) is 3.50. The lowest BCUT2D eigenvalue weighted by molar-refractivity contribution is 0.112. The van der Waals surface area contributed by atoms with Crippen LogP contribution in [0.3, 0.4) is 0 Å². The molecular weight excluding hydrogens is 247 g/mol. The molecule has 1 aromatic rings. The largest absolute Gasteiger partial charge is 0.338 e. The van der Waals surface area contributed by atoms with Crippen molar-refractivity contribution in [2.45, 2.75) is 6.55 Å². The normalized spacial score (nSPS) is 9.85. The van der Waals surface area contributed by atoms with Crippen LogP contribution >= 0.6 is 33.2 Å². The Hall–Kier alpha value is -0.0231. The Balaban J connectivity index is 0.000000252. The van der Waals surface area contributed by atoms with Crippen molar-refractivity contribution >= 4 is 45.5 Å². The summed E-state index contributed by atoms with van der Waals surface area (Å²) >= 11 is 15.6. The van der Waals surface area contributed by atoms with Gasteiger partial charge in [-0.25, -0.2) is 0 Å². The molecule has 0 amide bonds. The Bertz CT molecular complexity index is 239.